The molecular formula is C28H40ClN5O2. The van der Waals surface area contributed by atoms with E-state index in [1.807, 2.05) is 7.05 Å². The molecule has 2 aliphatic heterocycles. The van der Waals surface area contributed by atoms with Crippen molar-refractivity contribution in [3.8, 4) is 0 Å². The number of nitrogens with one attached hydrogen (secondary N) is 2. The van der Waals surface area contributed by atoms with E-state index >= 15 is 0 Å². The van der Waals surface area contributed by atoms with Crippen LogP contribution in [0.25, 0.3) is 0 Å². The highest BCUT2D eigenvalue weighted by Gasteiger charge is 2.27. The topological polar surface area (TPSA) is 93.3 Å². The number of rotatable bonds is 12. The Labute approximate surface area is 220 Å². The minimum absolute atomic E-state index is 0.420. The summed E-state index contributed by atoms with van der Waals surface area (Å²) in [6.07, 6.45) is 7.92. The summed E-state index contributed by atoms with van der Waals surface area (Å²) in [5.74, 6) is 1.77. The zero-order valence-corrected chi connectivity index (χ0v) is 22.3. The van der Waals surface area contributed by atoms with E-state index in [0.29, 0.717) is 29.1 Å². The number of aliphatic imine (C=N–C) groups is 2. The Bertz CT molecular complexity index is 1030. The minimum atomic E-state index is 0.420. The third-order valence-electron chi connectivity index (χ3n) is 7.22. The highest BCUT2D eigenvalue weighted by Crippen LogP contribution is 2.39. The lowest BCUT2D eigenvalue weighted by Gasteiger charge is -2.24. The zero-order chi connectivity index (χ0) is 25.3. The van der Waals surface area contributed by atoms with E-state index in [9.17, 15) is 0 Å². The molecule has 196 valence electrons. The highest BCUT2D eigenvalue weighted by atomic mass is 35.5. The summed E-state index contributed by atoms with van der Waals surface area (Å²) in [6.45, 7) is 8.96. The number of nitrogens with two attached hydrogens (primary N) is 1. The molecule has 4 rings (SSSR count). The molecule has 4 N–H and O–H groups in total. The average Bonchev–Trinajstić information content (AvgIpc) is 3.37. The van der Waals surface area contributed by atoms with E-state index in [-0.39, 0.29) is 0 Å². The number of amidine groups is 1. The normalized spacial score (nSPS) is 19.0. The molecule has 0 radical (unpaired) electrons. The fourth-order valence-corrected chi connectivity index (χ4v) is 5.46. The van der Waals surface area contributed by atoms with Gasteiger partial charge in [-0.2, -0.15) is 0 Å². The first kappa shape index (κ1) is 26.9. The van der Waals surface area contributed by atoms with Gasteiger partial charge in [-0.25, -0.2) is 4.99 Å². The van der Waals surface area contributed by atoms with E-state index in [4.69, 9.17) is 31.8 Å². The summed E-state index contributed by atoms with van der Waals surface area (Å²) < 4.78 is 11.5. The predicted molar refractivity (Wildman–Crippen MR) is 148 cm³/mol. The van der Waals surface area contributed by atoms with Crippen LogP contribution in [0.5, 0.6) is 0 Å². The van der Waals surface area contributed by atoms with Crippen LogP contribution in [-0.2, 0) is 22.4 Å². The van der Waals surface area contributed by atoms with Gasteiger partial charge in [-0.3, -0.25) is 4.99 Å². The second-order valence-electron chi connectivity index (χ2n) is 9.84. The lowest BCUT2D eigenvalue weighted by Crippen LogP contribution is -2.22. The van der Waals surface area contributed by atoms with Crippen molar-refractivity contribution in [3.05, 3.63) is 50.9 Å². The molecule has 0 amide bonds. The number of allylic oxidation sites excluding steroid dienone is 1. The van der Waals surface area contributed by atoms with Crippen molar-refractivity contribution in [1.29, 1.82) is 0 Å². The number of benzene rings is 1. The Morgan fingerprint density at radius 1 is 1.14 bits per heavy atom. The number of hydrogen-bond acceptors (Lipinski definition) is 6. The summed E-state index contributed by atoms with van der Waals surface area (Å²) >= 11 is 6.62. The third kappa shape index (κ3) is 6.76. The Morgan fingerprint density at radius 2 is 1.94 bits per heavy atom. The van der Waals surface area contributed by atoms with Gasteiger partial charge >= 0.3 is 0 Å². The van der Waals surface area contributed by atoms with Gasteiger partial charge in [0.15, 0.2) is 0 Å². The lowest BCUT2D eigenvalue weighted by molar-refractivity contribution is 0.0665. The second-order valence-corrected chi connectivity index (χ2v) is 10.3. The van der Waals surface area contributed by atoms with Crippen LogP contribution in [0.2, 0.25) is 0 Å². The molecule has 1 saturated heterocycles. The molecule has 7 nitrogen and oxygen atoms in total. The van der Waals surface area contributed by atoms with Crippen molar-refractivity contribution in [2.45, 2.75) is 57.9 Å². The molecule has 0 atom stereocenters. The van der Waals surface area contributed by atoms with Gasteiger partial charge in [0.25, 0.3) is 0 Å². The summed E-state index contributed by atoms with van der Waals surface area (Å²) in [5, 5.41) is 7.47. The number of nitrogens with zero attached hydrogens (tertiary/aromatic N) is 2. The van der Waals surface area contributed by atoms with Gasteiger partial charge in [0.2, 0.25) is 0 Å². The third-order valence-corrected chi connectivity index (χ3v) is 7.58. The molecule has 0 spiro atoms. The fraction of sp³-hybridized carbons (Fsp3) is 0.571. The minimum Gasteiger partial charge on any atom is -0.491 e. The van der Waals surface area contributed by atoms with Crippen molar-refractivity contribution >= 4 is 29.8 Å². The second kappa shape index (κ2) is 13.4. The number of halogens is 1. The zero-order valence-electron chi connectivity index (χ0n) is 21.5. The summed E-state index contributed by atoms with van der Waals surface area (Å²) in [4.78, 5) is 9.24. The van der Waals surface area contributed by atoms with Gasteiger partial charge < -0.3 is 25.8 Å². The highest BCUT2D eigenvalue weighted by molar-refractivity contribution is 6.30. The molecule has 8 heteroatoms. The van der Waals surface area contributed by atoms with Crippen molar-refractivity contribution in [1.82, 2.24) is 10.6 Å². The van der Waals surface area contributed by atoms with Crippen LogP contribution in [0, 0.1) is 5.92 Å². The lowest BCUT2D eigenvalue weighted by atomic mass is 9.88. The average molecular weight is 514 g/mol. The van der Waals surface area contributed by atoms with Gasteiger partial charge in [-0.15, -0.1) is 0 Å². The van der Waals surface area contributed by atoms with Gasteiger partial charge in [0, 0.05) is 36.8 Å². The molecule has 0 unspecified atom stereocenters. The van der Waals surface area contributed by atoms with E-state index in [1.165, 1.54) is 11.1 Å². The fourth-order valence-electron chi connectivity index (χ4n) is 5.24. The number of ether oxygens (including phenoxy) is 2. The van der Waals surface area contributed by atoms with Gasteiger partial charge in [0.05, 0.1) is 12.3 Å². The number of unbranched alkanes of at least 4 members (excludes halogenated alkanes) is 1. The molecule has 3 aliphatic rings. The molecule has 36 heavy (non-hydrogen) atoms. The number of hydrogen-bond donors (Lipinski definition) is 3. The van der Waals surface area contributed by atoms with E-state index in [2.05, 4.69) is 34.5 Å². The van der Waals surface area contributed by atoms with Crippen molar-refractivity contribution in [2.75, 3.05) is 40.0 Å². The van der Waals surface area contributed by atoms with Crippen molar-refractivity contribution in [3.63, 3.8) is 0 Å². The SMILES string of the molecule is C=Nc1cc(CNCCCCNC)cc(CC2CCOCC2)c1C(N)=NC1=C(Cl)CCC2=C1OCC2. The summed E-state index contributed by atoms with van der Waals surface area (Å²) in [6, 6.07) is 4.34. The maximum atomic E-state index is 6.72. The van der Waals surface area contributed by atoms with Crippen LogP contribution in [0.4, 0.5) is 5.69 Å². The molecule has 1 aromatic carbocycles. The summed E-state index contributed by atoms with van der Waals surface area (Å²) in [7, 11) is 1.99. The molecule has 0 bridgehead atoms. The van der Waals surface area contributed by atoms with E-state index < -0.39 is 0 Å². The summed E-state index contributed by atoms with van der Waals surface area (Å²) in [5.41, 5.74) is 12.6. The largest absolute Gasteiger partial charge is 0.491 e. The first-order valence-electron chi connectivity index (χ1n) is 13.2. The first-order chi connectivity index (χ1) is 17.6. The maximum absolute atomic E-state index is 6.72. The van der Waals surface area contributed by atoms with Gasteiger partial charge in [0.1, 0.15) is 17.3 Å². The molecule has 1 fully saturated rings. The molecule has 1 aliphatic carbocycles. The molecule has 1 aromatic rings. The predicted octanol–water partition coefficient (Wildman–Crippen LogP) is 4.70. The van der Waals surface area contributed by atoms with Crippen LogP contribution in [0.1, 0.15) is 61.6 Å². The van der Waals surface area contributed by atoms with Crippen LogP contribution in [0.15, 0.2) is 44.2 Å². The standard InChI is InChI=1S/C28H40ClN5O2/c1-31-10-3-4-11-33-18-20-16-22(15-19-7-12-35-13-8-19)25(24(17-20)32-2)28(30)34-26-23(29)6-5-21-9-14-36-27(21)26/h16-17,19,31,33H,2-15,18H2,1H3,(H2,30,34). The van der Waals surface area contributed by atoms with E-state index in [0.717, 1.165) is 107 Å². The quantitative estimate of drug-likeness (QED) is 0.214. The van der Waals surface area contributed by atoms with Crippen LogP contribution >= 0.6 is 11.6 Å². The maximum Gasteiger partial charge on any atom is 0.145 e. The van der Waals surface area contributed by atoms with Crippen molar-refractivity contribution in [2.24, 2.45) is 21.6 Å². The van der Waals surface area contributed by atoms with Crippen molar-refractivity contribution < 1.29 is 9.47 Å². The monoisotopic (exact) mass is 513 g/mol. The Kier molecular flexibility index (Phi) is 9.98. The van der Waals surface area contributed by atoms with Crippen LogP contribution in [0.3, 0.4) is 0 Å². The molecule has 0 aromatic heterocycles. The Morgan fingerprint density at radius 3 is 2.72 bits per heavy atom. The van der Waals surface area contributed by atoms with Crippen LogP contribution < -0.4 is 16.4 Å². The van der Waals surface area contributed by atoms with Gasteiger partial charge in [-0.1, -0.05) is 17.7 Å². The van der Waals surface area contributed by atoms with Gasteiger partial charge in [-0.05, 0) is 100 Å². The Hall–Kier alpha value is -2.19. The smallest absolute Gasteiger partial charge is 0.145 e. The first-order valence-corrected chi connectivity index (χ1v) is 13.6. The molecular weight excluding hydrogens is 474 g/mol. The molecule has 2 heterocycles. The molecule has 0 saturated carbocycles. The van der Waals surface area contributed by atoms with Crippen LogP contribution in [-0.4, -0.2) is 52.5 Å². The Balaban J connectivity index is 1.63. The van der Waals surface area contributed by atoms with E-state index in [1.54, 1.807) is 0 Å².